The molecule has 0 saturated heterocycles. The van der Waals surface area contributed by atoms with Crippen LogP contribution >= 0.6 is 0 Å². The van der Waals surface area contributed by atoms with Crippen LogP contribution in [0.2, 0.25) is 0 Å². The Balaban J connectivity index is 4.25. The topological polar surface area (TPSA) is 83.5 Å². The van der Waals surface area contributed by atoms with Gasteiger partial charge >= 0.3 is 5.97 Å². The van der Waals surface area contributed by atoms with Gasteiger partial charge in [-0.3, -0.25) is 4.79 Å². The van der Waals surface area contributed by atoms with Gasteiger partial charge in [0.25, 0.3) is 0 Å². The molecule has 0 rings (SSSR count). The van der Waals surface area contributed by atoms with Crippen molar-refractivity contribution in [2.45, 2.75) is 6.92 Å². The summed E-state index contributed by atoms with van der Waals surface area (Å²) in [6.45, 7) is 1.06. The SMILES string of the molecule is COC(=O)C(=O)C(C)C(=O)[O-]. The molecule has 0 saturated carbocycles. The smallest absolute Gasteiger partial charge is 0.375 e. The van der Waals surface area contributed by atoms with Gasteiger partial charge in [-0.1, -0.05) is 0 Å². The first-order valence-electron chi connectivity index (χ1n) is 2.83. The summed E-state index contributed by atoms with van der Waals surface area (Å²) in [5.41, 5.74) is 0. The maximum atomic E-state index is 10.6. The van der Waals surface area contributed by atoms with Crippen molar-refractivity contribution in [1.82, 2.24) is 0 Å². The molecule has 1 atom stereocenters. The van der Waals surface area contributed by atoms with Gasteiger partial charge in [0.15, 0.2) is 0 Å². The molecule has 0 radical (unpaired) electrons. The van der Waals surface area contributed by atoms with E-state index in [1.165, 1.54) is 0 Å². The summed E-state index contributed by atoms with van der Waals surface area (Å²) in [4.78, 5) is 31.0. The Bertz CT molecular complexity index is 195. The molecular formula is C6H7O5-. The third-order valence-electron chi connectivity index (χ3n) is 1.13. The normalized spacial score (nSPS) is 11.8. The number of esters is 1. The Labute approximate surface area is 63.0 Å². The Hall–Kier alpha value is -1.39. The highest BCUT2D eigenvalue weighted by atomic mass is 16.5. The van der Waals surface area contributed by atoms with Crippen molar-refractivity contribution in [3.63, 3.8) is 0 Å². The fourth-order valence-corrected chi connectivity index (χ4v) is 0.384. The molecule has 0 aromatic rings. The minimum atomic E-state index is -1.58. The number of hydrogen-bond acceptors (Lipinski definition) is 5. The molecule has 0 spiro atoms. The molecule has 1 unspecified atom stereocenters. The molecule has 0 aromatic carbocycles. The number of rotatable bonds is 3. The van der Waals surface area contributed by atoms with E-state index in [1.807, 2.05) is 0 Å². The molecule has 0 amide bonds. The van der Waals surface area contributed by atoms with Gasteiger partial charge in [0.05, 0.1) is 19.0 Å². The van der Waals surface area contributed by atoms with Crippen LogP contribution in [0.4, 0.5) is 0 Å². The molecule has 0 N–H and O–H groups in total. The predicted octanol–water partition coefficient (Wildman–Crippen LogP) is -1.89. The van der Waals surface area contributed by atoms with Crippen LogP contribution in [-0.2, 0) is 19.1 Å². The number of carboxylic acids is 1. The standard InChI is InChI=1S/C6H8O5/c1-3(5(8)9)4(7)6(10)11-2/h3H,1-2H3,(H,8,9)/p-1. The van der Waals surface area contributed by atoms with Gasteiger partial charge in [-0.2, -0.15) is 0 Å². The third-order valence-corrected chi connectivity index (χ3v) is 1.13. The van der Waals surface area contributed by atoms with E-state index in [0.717, 1.165) is 14.0 Å². The van der Waals surface area contributed by atoms with E-state index in [2.05, 4.69) is 4.74 Å². The average molecular weight is 159 g/mol. The lowest BCUT2D eigenvalue weighted by Crippen LogP contribution is -2.37. The van der Waals surface area contributed by atoms with Crippen LogP contribution in [0, 0.1) is 5.92 Å². The number of hydrogen-bond donors (Lipinski definition) is 0. The summed E-state index contributed by atoms with van der Waals surface area (Å²) in [6.07, 6.45) is 0. The molecule has 0 aliphatic heterocycles. The van der Waals surface area contributed by atoms with Crippen molar-refractivity contribution in [2.75, 3.05) is 7.11 Å². The highest BCUT2D eigenvalue weighted by Gasteiger charge is 2.22. The van der Waals surface area contributed by atoms with Gasteiger partial charge in [-0.25, -0.2) is 4.79 Å². The van der Waals surface area contributed by atoms with Crippen molar-refractivity contribution < 1.29 is 24.2 Å². The van der Waals surface area contributed by atoms with Gasteiger partial charge in [0, 0.05) is 0 Å². The molecule has 0 fully saturated rings. The molecule has 0 bridgehead atoms. The number of carbonyl (C=O) groups is 3. The van der Waals surface area contributed by atoms with Crippen LogP contribution in [0.1, 0.15) is 6.92 Å². The second-order valence-corrected chi connectivity index (χ2v) is 1.90. The van der Waals surface area contributed by atoms with Gasteiger partial charge in [-0.15, -0.1) is 0 Å². The quantitative estimate of drug-likeness (QED) is 0.273. The first-order chi connectivity index (χ1) is 5.00. The van der Waals surface area contributed by atoms with Gasteiger partial charge in [-0.05, 0) is 6.92 Å². The van der Waals surface area contributed by atoms with E-state index in [0.29, 0.717) is 0 Å². The van der Waals surface area contributed by atoms with Crippen LogP contribution in [0.5, 0.6) is 0 Å². The van der Waals surface area contributed by atoms with Gasteiger partial charge in [0.2, 0.25) is 5.78 Å². The lowest BCUT2D eigenvalue weighted by atomic mass is 10.1. The van der Waals surface area contributed by atoms with Crippen molar-refractivity contribution >= 4 is 17.7 Å². The maximum absolute atomic E-state index is 10.6. The number of aliphatic carboxylic acids is 1. The van der Waals surface area contributed by atoms with E-state index in [-0.39, 0.29) is 0 Å². The fourth-order valence-electron chi connectivity index (χ4n) is 0.384. The van der Waals surface area contributed by atoms with E-state index in [9.17, 15) is 19.5 Å². The van der Waals surface area contributed by atoms with E-state index in [1.54, 1.807) is 0 Å². The first kappa shape index (κ1) is 9.61. The van der Waals surface area contributed by atoms with Crippen LogP contribution < -0.4 is 5.11 Å². The average Bonchev–Trinajstić information content (AvgIpc) is 2.00. The largest absolute Gasteiger partial charge is 0.549 e. The fraction of sp³-hybridized carbons (Fsp3) is 0.500. The minimum Gasteiger partial charge on any atom is -0.549 e. The molecule has 5 nitrogen and oxygen atoms in total. The second kappa shape index (κ2) is 3.70. The van der Waals surface area contributed by atoms with Crippen molar-refractivity contribution in [3.05, 3.63) is 0 Å². The molecule has 0 aromatic heterocycles. The number of methoxy groups -OCH3 is 1. The Morgan fingerprint density at radius 3 is 2.09 bits per heavy atom. The summed E-state index contributed by atoms with van der Waals surface area (Å²) in [7, 11) is 1.00. The van der Waals surface area contributed by atoms with Crippen molar-refractivity contribution in [3.8, 4) is 0 Å². The Kier molecular flexibility index (Phi) is 3.23. The second-order valence-electron chi connectivity index (χ2n) is 1.90. The summed E-state index contributed by atoms with van der Waals surface area (Å²) < 4.78 is 4.00. The van der Waals surface area contributed by atoms with Gasteiger partial charge in [0.1, 0.15) is 0 Å². The molecule has 0 heterocycles. The lowest BCUT2D eigenvalue weighted by Gasteiger charge is -2.08. The van der Waals surface area contributed by atoms with E-state index in [4.69, 9.17) is 0 Å². The number of ketones is 1. The first-order valence-corrected chi connectivity index (χ1v) is 2.83. The number of Topliss-reactive ketones (excluding diaryl/α,β-unsaturated/α-hetero) is 1. The van der Waals surface area contributed by atoms with Crippen LogP contribution in [-0.4, -0.2) is 24.8 Å². The highest BCUT2D eigenvalue weighted by Crippen LogP contribution is 1.95. The molecule has 5 heteroatoms. The molecular weight excluding hydrogens is 152 g/mol. The zero-order valence-corrected chi connectivity index (χ0v) is 6.12. The highest BCUT2D eigenvalue weighted by molar-refractivity contribution is 6.37. The van der Waals surface area contributed by atoms with Crippen LogP contribution in [0.15, 0.2) is 0 Å². The summed E-state index contributed by atoms with van der Waals surface area (Å²) in [6, 6.07) is 0. The van der Waals surface area contributed by atoms with Crippen LogP contribution in [0.3, 0.4) is 0 Å². The Morgan fingerprint density at radius 1 is 1.36 bits per heavy atom. The lowest BCUT2D eigenvalue weighted by molar-refractivity contribution is -0.309. The zero-order valence-electron chi connectivity index (χ0n) is 6.12. The van der Waals surface area contributed by atoms with E-state index < -0.39 is 23.6 Å². The Morgan fingerprint density at radius 2 is 1.82 bits per heavy atom. The molecule has 11 heavy (non-hydrogen) atoms. The maximum Gasteiger partial charge on any atom is 0.375 e. The zero-order chi connectivity index (χ0) is 9.02. The van der Waals surface area contributed by atoms with E-state index >= 15 is 0 Å². The number of carbonyl (C=O) groups excluding carboxylic acids is 3. The molecule has 62 valence electrons. The van der Waals surface area contributed by atoms with Crippen molar-refractivity contribution in [2.24, 2.45) is 5.92 Å². The summed E-state index contributed by atoms with van der Waals surface area (Å²) in [5, 5.41) is 10.0. The summed E-state index contributed by atoms with van der Waals surface area (Å²) in [5.74, 6) is -5.29. The minimum absolute atomic E-state index is 1.00. The monoisotopic (exact) mass is 159 g/mol. The third kappa shape index (κ3) is 2.37. The van der Waals surface area contributed by atoms with Crippen LogP contribution in [0.25, 0.3) is 0 Å². The summed E-state index contributed by atoms with van der Waals surface area (Å²) >= 11 is 0. The molecule has 0 aliphatic rings. The number of carboxylic acid groups (broad SMARTS) is 1. The van der Waals surface area contributed by atoms with Gasteiger partial charge < -0.3 is 14.6 Å². The molecule has 0 aliphatic carbocycles. The van der Waals surface area contributed by atoms with Crippen molar-refractivity contribution in [1.29, 1.82) is 0 Å². The number of ether oxygens (including phenoxy) is 1. The predicted molar refractivity (Wildman–Crippen MR) is 31.2 cm³/mol.